The predicted octanol–water partition coefficient (Wildman–Crippen LogP) is 0.977. The van der Waals surface area contributed by atoms with Gasteiger partial charge in [-0.15, -0.1) is 0 Å². The predicted molar refractivity (Wildman–Crippen MR) is 96.8 cm³/mol. The number of carbonyl (C=O) groups excluding carboxylic acids is 1. The third kappa shape index (κ3) is 5.70. The van der Waals surface area contributed by atoms with Crippen molar-refractivity contribution in [2.75, 3.05) is 52.4 Å². The number of rotatable bonds is 7. The van der Waals surface area contributed by atoms with E-state index in [2.05, 4.69) is 15.1 Å². The number of piperazine rings is 1. The first-order chi connectivity index (χ1) is 12.2. The fourth-order valence-electron chi connectivity index (χ4n) is 3.53. The van der Waals surface area contributed by atoms with Gasteiger partial charge in [0.05, 0.1) is 13.2 Å². The van der Waals surface area contributed by atoms with E-state index >= 15 is 0 Å². The summed E-state index contributed by atoms with van der Waals surface area (Å²) in [5, 5.41) is 3.58. The largest absolute Gasteiger partial charge is 0.489 e. The number of carbonyl (C=O) groups is 1. The number of nitrogens with zero attached hydrogens (tertiary/aromatic N) is 2. The van der Waals surface area contributed by atoms with Gasteiger partial charge in [-0.1, -0.05) is 18.2 Å². The third-order valence-electron chi connectivity index (χ3n) is 4.83. The zero-order valence-electron chi connectivity index (χ0n) is 15.0. The number of esters is 1. The van der Waals surface area contributed by atoms with Crippen LogP contribution < -0.4 is 10.1 Å². The molecule has 0 radical (unpaired) electrons. The van der Waals surface area contributed by atoms with Crippen molar-refractivity contribution in [1.29, 1.82) is 0 Å². The fourth-order valence-corrected chi connectivity index (χ4v) is 3.53. The van der Waals surface area contributed by atoms with E-state index in [1.54, 1.807) is 0 Å². The second-order valence-corrected chi connectivity index (χ2v) is 6.78. The molecular weight excluding hydrogens is 318 g/mol. The van der Waals surface area contributed by atoms with Gasteiger partial charge in [0.1, 0.15) is 11.9 Å². The van der Waals surface area contributed by atoms with Crippen LogP contribution in [0.3, 0.4) is 0 Å². The van der Waals surface area contributed by atoms with Crippen LogP contribution in [-0.4, -0.2) is 80.3 Å². The molecule has 2 aliphatic rings. The summed E-state index contributed by atoms with van der Waals surface area (Å²) in [5.41, 5.74) is 0. The Morgan fingerprint density at radius 3 is 2.60 bits per heavy atom. The van der Waals surface area contributed by atoms with Crippen molar-refractivity contribution in [3.05, 3.63) is 30.3 Å². The number of benzene rings is 1. The summed E-state index contributed by atoms with van der Waals surface area (Å²) in [5.74, 6) is 0.830. The van der Waals surface area contributed by atoms with Gasteiger partial charge in [-0.2, -0.15) is 0 Å². The van der Waals surface area contributed by atoms with Gasteiger partial charge in [0, 0.05) is 51.7 Å². The maximum Gasteiger partial charge on any atom is 0.320 e. The second-order valence-electron chi connectivity index (χ2n) is 6.78. The summed E-state index contributed by atoms with van der Waals surface area (Å²) < 4.78 is 11.1. The summed E-state index contributed by atoms with van der Waals surface area (Å²) in [6.45, 7) is 8.52. The highest BCUT2D eigenvalue weighted by Crippen LogP contribution is 2.17. The smallest absolute Gasteiger partial charge is 0.320 e. The molecule has 2 fully saturated rings. The Morgan fingerprint density at radius 2 is 1.88 bits per heavy atom. The first-order valence-electron chi connectivity index (χ1n) is 9.28. The first kappa shape index (κ1) is 18.2. The Kier molecular flexibility index (Phi) is 6.67. The molecule has 0 amide bonds. The average Bonchev–Trinajstić information content (AvgIpc) is 3.05. The number of nitrogens with one attached hydrogen (secondary N) is 1. The van der Waals surface area contributed by atoms with Crippen molar-refractivity contribution in [2.45, 2.75) is 25.5 Å². The zero-order valence-corrected chi connectivity index (χ0v) is 15.0. The van der Waals surface area contributed by atoms with E-state index in [1.807, 2.05) is 37.3 Å². The molecule has 0 unspecified atom stereocenters. The lowest BCUT2D eigenvalue weighted by Gasteiger charge is -2.35. The highest BCUT2D eigenvalue weighted by molar-refractivity contribution is 5.71. The minimum absolute atomic E-state index is 0.116. The quantitative estimate of drug-likeness (QED) is 0.742. The Hall–Kier alpha value is -1.63. The van der Waals surface area contributed by atoms with Gasteiger partial charge in [-0.25, -0.2) is 0 Å². The Bertz CT molecular complexity index is 532. The lowest BCUT2D eigenvalue weighted by atomic mass is 10.1. The monoisotopic (exact) mass is 347 g/mol. The second kappa shape index (κ2) is 9.17. The van der Waals surface area contributed by atoms with Gasteiger partial charge >= 0.3 is 5.97 Å². The third-order valence-corrected chi connectivity index (χ3v) is 4.83. The Labute approximate surface area is 150 Å². The van der Waals surface area contributed by atoms with Crippen LogP contribution in [0.15, 0.2) is 30.3 Å². The van der Waals surface area contributed by atoms with Crippen molar-refractivity contribution in [2.24, 2.45) is 0 Å². The Balaban J connectivity index is 1.35. The van der Waals surface area contributed by atoms with Gasteiger partial charge in [0.15, 0.2) is 0 Å². The standard InChI is InChI=1S/C19H29N3O3/c1-2-24-19(23)15-22-10-8-21(9-11-22)14-16-12-18(13-20-16)25-17-6-4-3-5-7-17/h3-7,16,18,20H,2,8-15H2,1H3/t16-,18-/m0/s1. The lowest BCUT2D eigenvalue weighted by molar-refractivity contribution is -0.144. The van der Waals surface area contributed by atoms with Gasteiger partial charge in [0.25, 0.3) is 0 Å². The van der Waals surface area contributed by atoms with E-state index in [9.17, 15) is 4.79 Å². The molecule has 25 heavy (non-hydrogen) atoms. The van der Waals surface area contributed by atoms with E-state index in [1.165, 1.54) is 0 Å². The molecule has 6 heteroatoms. The zero-order chi connectivity index (χ0) is 17.5. The van der Waals surface area contributed by atoms with Crippen LogP contribution in [0.5, 0.6) is 5.75 Å². The number of ether oxygens (including phenoxy) is 2. The van der Waals surface area contributed by atoms with Crippen LogP contribution in [0.25, 0.3) is 0 Å². The summed E-state index contributed by atoms with van der Waals surface area (Å²) in [6.07, 6.45) is 1.29. The molecule has 2 saturated heterocycles. The summed E-state index contributed by atoms with van der Waals surface area (Å²) >= 11 is 0. The molecule has 1 N–H and O–H groups in total. The van der Waals surface area contributed by atoms with Gasteiger partial charge in [-0.3, -0.25) is 14.6 Å². The number of hydrogen-bond donors (Lipinski definition) is 1. The molecule has 2 aliphatic heterocycles. The van der Waals surface area contributed by atoms with E-state index in [-0.39, 0.29) is 12.1 Å². The van der Waals surface area contributed by atoms with Crippen molar-refractivity contribution in [1.82, 2.24) is 15.1 Å². The molecule has 2 atom stereocenters. The molecule has 2 heterocycles. The maximum absolute atomic E-state index is 11.6. The van der Waals surface area contributed by atoms with Crippen LogP contribution in [0.2, 0.25) is 0 Å². The lowest BCUT2D eigenvalue weighted by Crippen LogP contribution is -2.50. The van der Waals surface area contributed by atoms with E-state index < -0.39 is 0 Å². The highest BCUT2D eigenvalue weighted by Gasteiger charge is 2.28. The molecule has 0 bridgehead atoms. The molecule has 138 valence electrons. The van der Waals surface area contributed by atoms with Crippen LogP contribution >= 0.6 is 0 Å². The molecule has 3 rings (SSSR count). The molecule has 0 aliphatic carbocycles. The molecule has 6 nitrogen and oxygen atoms in total. The number of hydrogen-bond acceptors (Lipinski definition) is 6. The molecule has 0 aromatic heterocycles. The minimum Gasteiger partial charge on any atom is -0.489 e. The van der Waals surface area contributed by atoms with Crippen LogP contribution in [-0.2, 0) is 9.53 Å². The SMILES string of the molecule is CCOC(=O)CN1CCN(C[C@@H]2C[C@H](Oc3ccccc3)CN2)CC1. The molecule has 0 spiro atoms. The van der Waals surface area contributed by atoms with Crippen molar-refractivity contribution in [3.8, 4) is 5.75 Å². The summed E-state index contributed by atoms with van der Waals surface area (Å²) in [6, 6.07) is 10.5. The molecule has 0 saturated carbocycles. The molecular formula is C19H29N3O3. The van der Waals surface area contributed by atoms with E-state index in [0.29, 0.717) is 19.2 Å². The number of para-hydroxylation sites is 1. The summed E-state index contributed by atoms with van der Waals surface area (Å²) in [7, 11) is 0. The van der Waals surface area contributed by atoms with Gasteiger partial charge < -0.3 is 14.8 Å². The maximum atomic E-state index is 11.6. The topological polar surface area (TPSA) is 54.0 Å². The van der Waals surface area contributed by atoms with Crippen molar-refractivity contribution in [3.63, 3.8) is 0 Å². The van der Waals surface area contributed by atoms with Gasteiger partial charge in [-0.05, 0) is 19.1 Å². The Morgan fingerprint density at radius 1 is 1.16 bits per heavy atom. The normalized spacial score (nSPS) is 25.0. The first-order valence-corrected chi connectivity index (χ1v) is 9.28. The van der Waals surface area contributed by atoms with Crippen molar-refractivity contribution < 1.29 is 14.3 Å². The van der Waals surface area contributed by atoms with Crippen LogP contribution in [0.4, 0.5) is 0 Å². The van der Waals surface area contributed by atoms with E-state index in [0.717, 1.165) is 51.4 Å². The minimum atomic E-state index is -0.116. The summed E-state index contributed by atoms with van der Waals surface area (Å²) in [4.78, 5) is 16.2. The molecule has 1 aromatic carbocycles. The average molecular weight is 347 g/mol. The van der Waals surface area contributed by atoms with Gasteiger partial charge in [0.2, 0.25) is 0 Å². The fraction of sp³-hybridized carbons (Fsp3) is 0.632. The van der Waals surface area contributed by atoms with Crippen molar-refractivity contribution >= 4 is 5.97 Å². The van der Waals surface area contributed by atoms with Crippen LogP contribution in [0.1, 0.15) is 13.3 Å². The highest BCUT2D eigenvalue weighted by atomic mass is 16.5. The van der Waals surface area contributed by atoms with E-state index in [4.69, 9.17) is 9.47 Å². The molecule has 1 aromatic rings. The van der Waals surface area contributed by atoms with Crippen LogP contribution in [0, 0.1) is 0 Å².